The van der Waals surface area contributed by atoms with Crippen LogP contribution in [0.5, 0.6) is 0 Å². The molecule has 1 aliphatic heterocycles. The van der Waals surface area contributed by atoms with Crippen LogP contribution >= 0.6 is 0 Å². The van der Waals surface area contributed by atoms with E-state index in [4.69, 9.17) is 9.84 Å². The number of hydrogen-bond donors (Lipinski definition) is 1. The molecular weight excluding hydrogens is 242 g/mol. The van der Waals surface area contributed by atoms with Crippen LogP contribution in [0, 0.1) is 5.41 Å². The zero-order valence-corrected chi connectivity index (χ0v) is 11.6. The minimum absolute atomic E-state index is 0.246. The summed E-state index contributed by atoms with van der Waals surface area (Å²) in [6.45, 7) is 6.02. The molecule has 1 heterocycles. The molecule has 0 bridgehead atoms. The van der Waals surface area contributed by atoms with Gasteiger partial charge in [-0.1, -0.05) is 19.1 Å². The third-order valence-electron chi connectivity index (χ3n) is 3.74. The SMILES string of the molecule is COCC1(C)CCN(Cc2ccc(C(=O)O)cc2)C1. The average molecular weight is 263 g/mol. The minimum atomic E-state index is -0.875. The lowest BCUT2D eigenvalue weighted by molar-refractivity contribution is 0.0697. The van der Waals surface area contributed by atoms with E-state index in [0.29, 0.717) is 5.56 Å². The second-order valence-corrected chi connectivity index (χ2v) is 5.71. The van der Waals surface area contributed by atoms with E-state index in [1.54, 1.807) is 19.2 Å². The Morgan fingerprint density at radius 1 is 1.42 bits per heavy atom. The van der Waals surface area contributed by atoms with E-state index >= 15 is 0 Å². The topological polar surface area (TPSA) is 49.8 Å². The molecule has 19 heavy (non-hydrogen) atoms. The van der Waals surface area contributed by atoms with Crippen LogP contribution in [0.4, 0.5) is 0 Å². The van der Waals surface area contributed by atoms with Gasteiger partial charge in [-0.3, -0.25) is 4.90 Å². The number of aromatic carboxylic acids is 1. The van der Waals surface area contributed by atoms with Gasteiger partial charge >= 0.3 is 5.97 Å². The maximum atomic E-state index is 10.8. The molecule has 0 radical (unpaired) electrons. The molecule has 1 N–H and O–H groups in total. The van der Waals surface area contributed by atoms with Crippen LogP contribution in [-0.4, -0.2) is 42.8 Å². The van der Waals surface area contributed by atoms with Crippen molar-refractivity contribution in [2.24, 2.45) is 5.41 Å². The van der Waals surface area contributed by atoms with E-state index in [0.717, 1.165) is 38.2 Å². The Labute approximate surface area is 114 Å². The Morgan fingerprint density at radius 3 is 2.68 bits per heavy atom. The molecule has 1 aliphatic rings. The summed E-state index contributed by atoms with van der Waals surface area (Å²) in [6, 6.07) is 7.13. The van der Waals surface area contributed by atoms with E-state index in [1.807, 2.05) is 12.1 Å². The normalized spacial score (nSPS) is 23.7. The molecule has 1 fully saturated rings. The Bertz CT molecular complexity index is 443. The van der Waals surface area contributed by atoms with Gasteiger partial charge in [0.2, 0.25) is 0 Å². The van der Waals surface area contributed by atoms with E-state index in [-0.39, 0.29) is 5.41 Å². The Hall–Kier alpha value is -1.39. The average Bonchev–Trinajstić information content (AvgIpc) is 2.72. The number of carboxylic acid groups (broad SMARTS) is 1. The summed E-state index contributed by atoms with van der Waals surface area (Å²) >= 11 is 0. The van der Waals surface area contributed by atoms with Gasteiger partial charge < -0.3 is 9.84 Å². The van der Waals surface area contributed by atoms with Crippen molar-refractivity contribution in [2.45, 2.75) is 19.9 Å². The van der Waals surface area contributed by atoms with E-state index in [2.05, 4.69) is 11.8 Å². The molecule has 0 aromatic heterocycles. The number of likely N-dealkylation sites (tertiary alicyclic amines) is 1. The summed E-state index contributed by atoms with van der Waals surface area (Å²) < 4.78 is 5.28. The van der Waals surface area contributed by atoms with Crippen molar-refractivity contribution in [1.29, 1.82) is 0 Å². The fourth-order valence-electron chi connectivity index (χ4n) is 2.74. The van der Waals surface area contributed by atoms with Crippen molar-refractivity contribution >= 4 is 5.97 Å². The van der Waals surface area contributed by atoms with Crippen LogP contribution in [0.1, 0.15) is 29.3 Å². The molecular formula is C15H21NO3. The Balaban J connectivity index is 1.94. The minimum Gasteiger partial charge on any atom is -0.478 e. The van der Waals surface area contributed by atoms with Gasteiger partial charge in [-0.25, -0.2) is 4.79 Å². The molecule has 4 nitrogen and oxygen atoms in total. The fourth-order valence-corrected chi connectivity index (χ4v) is 2.74. The fraction of sp³-hybridized carbons (Fsp3) is 0.533. The monoisotopic (exact) mass is 263 g/mol. The largest absolute Gasteiger partial charge is 0.478 e. The van der Waals surface area contributed by atoms with Crippen LogP contribution in [0.2, 0.25) is 0 Å². The molecule has 1 atom stereocenters. The van der Waals surface area contributed by atoms with Crippen LogP contribution < -0.4 is 0 Å². The van der Waals surface area contributed by atoms with Gasteiger partial charge in [0.15, 0.2) is 0 Å². The van der Waals surface area contributed by atoms with Gasteiger partial charge in [-0.2, -0.15) is 0 Å². The lowest BCUT2D eigenvalue weighted by atomic mass is 9.91. The summed E-state index contributed by atoms with van der Waals surface area (Å²) in [6.07, 6.45) is 1.15. The predicted molar refractivity (Wildman–Crippen MR) is 73.3 cm³/mol. The second kappa shape index (κ2) is 5.72. The molecule has 0 amide bonds. The van der Waals surface area contributed by atoms with Crippen LogP contribution in [-0.2, 0) is 11.3 Å². The van der Waals surface area contributed by atoms with E-state index in [1.165, 1.54) is 0 Å². The van der Waals surface area contributed by atoms with Crippen LogP contribution in [0.15, 0.2) is 24.3 Å². The Kier molecular flexibility index (Phi) is 4.22. The van der Waals surface area contributed by atoms with Gasteiger partial charge in [0.25, 0.3) is 0 Å². The predicted octanol–water partition coefficient (Wildman–Crippen LogP) is 2.24. The quantitative estimate of drug-likeness (QED) is 0.885. The van der Waals surface area contributed by atoms with Gasteiger partial charge in [0, 0.05) is 25.6 Å². The van der Waals surface area contributed by atoms with Crippen molar-refractivity contribution in [1.82, 2.24) is 4.90 Å². The summed E-state index contributed by atoms with van der Waals surface area (Å²) in [5.74, 6) is -0.875. The highest BCUT2D eigenvalue weighted by atomic mass is 16.5. The second-order valence-electron chi connectivity index (χ2n) is 5.71. The van der Waals surface area contributed by atoms with Crippen molar-refractivity contribution in [3.8, 4) is 0 Å². The number of benzene rings is 1. The van der Waals surface area contributed by atoms with Crippen molar-refractivity contribution in [3.63, 3.8) is 0 Å². The zero-order valence-electron chi connectivity index (χ0n) is 11.6. The molecule has 1 aromatic carbocycles. The van der Waals surface area contributed by atoms with Crippen molar-refractivity contribution < 1.29 is 14.6 Å². The number of methoxy groups -OCH3 is 1. The van der Waals surface area contributed by atoms with Crippen molar-refractivity contribution in [2.75, 3.05) is 26.8 Å². The first-order valence-electron chi connectivity index (χ1n) is 6.56. The third-order valence-corrected chi connectivity index (χ3v) is 3.74. The highest BCUT2D eigenvalue weighted by Crippen LogP contribution is 2.30. The van der Waals surface area contributed by atoms with Gasteiger partial charge in [0.05, 0.1) is 12.2 Å². The first kappa shape index (κ1) is 14.0. The molecule has 104 valence electrons. The number of carboxylic acids is 1. The molecule has 0 spiro atoms. The molecule has 0 aliphatic carbocycles. The third kappa shape index (κ3) is 3.55. The maximum absolute atomic E-state index is 10.8. The van der Waals surface area contributed by atoms with Gasteiger partial charge in [-0.15, -0.1) is 0 Å². The smallest absolute Gasteiger partial charge is 0.335 e. The molecule has 0 saturated carbocycles. The number of nitrogens with zero attached hydrogens (tertiary/aromatic N) is 1. The molecule has 1 saturated heterocycles. The zero-order chi connectivity index (χ0) is 13.9. The number of ether oxygens (including phenoxy) is 1. The number of hydrogen-bond acceptors (Lipinski definition) is 3. The molecule has 2 rings (SSSR count). The van der Waals surface area contributed by atoms with Crippen molar-refractivity contribution in [3.05, 3.63) is 35.4 Å². The van der Waals surface area contributed by atoms with Crippen LogP contribution in [0.3, 0.4) is 0 Å². The summed E-state index contributed by atoms with van der Waals surface area (Å²) in [5, 5.41) is 8.86. The summed E-state index contributed by atoms with van der Waals surface area (Å²) in [5.41, 5.74) is 1.75. The van der Waals surface area contributed by atoms with E-state index in [9.17, 15) is 4.79 Å². The maximum Gasteiger partial charge on any atom is 0.335 e. The number of carbonyl (C=O) groups is 1. The highest BCUT2D eigenvalue weighted by molar-refractivity contribution is 5.87. The summed E-state index contributed by atoms with van der Waals surface area (Å²) in [7, 11) is 1.75. The number of rotatable bonds is 5. The lowest BCUT2D eigenvalue weighted by Gasteiger charge is -2.23. The van der Waals surface area contributed by atoms with Crippen LogP contribution in [0.25, 0.3) is 0 Å². The summed E-state index contributed by atoms with van der Waals surface area (Å²) in [4.78, 5) is 13.2. The van der Waals surface area contributed by atoms with E-state index < -0.39 is 5.97 Å². The highest BCUT2D eigenvalue weighted by Gasteiger charge is 2.33. The molecule has 4 heteroatoms. The molecule has 1 aromatic rings. The lowest BCUT2D eigenvalue weighted by Crippen LogP contribution is -2.28. The van der Waals surface area contributed by atoms with Gasteiger partial charge in [-0.05, 0) is 30.7 Å². The molecule has 1 unspecified atom stereocenters. The standard InChI is InChI=1S/C15H21NO3/c1-15(11-19-2)7-8-16(10-15)9-12-3-5-13(6-4-12)14(17)18/h3-6H,7-11H2,1-2H3,(H,17,18). The first-order valence-corrected chi connectivity index (χ1v) is 6.56. The first-order chi connectivity index (χ1) is 9.02. The van der Waals surface area contributed by atoms with Gasteiger partial charge in [0.1, 0.15) is 0 Å². The Morgan fingerprint density at radius 2 is 2.11 bits per heavy atom.